The monoisotopic (exact) mass is 293 g/mol. The molecule has 1 fully saturated rings. The van der Waals surface area contributed by atoms with Crippen LogP contribution in [0.2, 0.25) is 0 Å². The van der Waals surface area contributed by atoms with Crippen LogP contribution in [0.15, 0.2) is 42.6 Å². The van der Waals surface area contributed by atoms with Crippen molar-refractivity contribution in [2.45, 2.75) is 12.8 Å². The molecule has 0 aliphatic heterocycles. The molecule has 0 atom stereocenters. The van der Waals surface area contributed by atoms with E-state index in [9.17, 15) is 4.79 Å². The predicted molar refractivity (Wildman–Crippen MR) is 81.6 cm³/mol. The van der Waals surface area contributed by atoms with Gasteiger partial charge < -0.3 is 10.1 Å². The average molecular weight is 293 g/mol. The number of hydrogen-bond donors (Lipinski definition) is 1. The van der Waals surface area contributed by atoms with E-state index >= 15 is 0 Å². The number of anilines is 1. The normalized spacial score (nSPS) is 13.2. The van der Waals surface area contributed by atoms with Gasteiger partial charge in [-0.15, -0.1) is 0 Å². The molecule has 1 aliphatic carbocycles. The first-order chi connectivity index (χ1) is 10.8. The first-order valence-corrected chi connectivity index (χ1v) is 7.15. The summed E-state index contributed by atoms with van der Waals surface area (Å²) in [6.07, 6.45) is 3.95. The second-order valence-electron chi connectivity index (χ2n) is 5.25. The van der Waals surface area contributed by atoms with Crippen LogP contribution in [-0.4, -0.2) is 17.5 Å². The fraction of sp³-hybridized carbons (Fsp3) is 0.235. The number of nitrogens with one attached hydrogen (secondary N) is 1. The molecule has 1 aliphatic rings. The number of aromatic nitrogens is 1. The zero-order valence-electron chi connectivity index (χ0n) is 12.0. The lowest BCUT2D eigenvalue weighted by atomic mass is 10.2. The Bertz CT molecular complexity index is 733. The number of nitrogens with zero attached hydrogens (tertiary/aromatic N) is 2. The summed E-state index contributed by atoms with van der Waals surface area (Å²) in [7, 11) is 0. The van der Waals surface area contributed by atoms with E-state index in [-0.39, 0.29) is 5.91 Å². The molecule has 1 amide bonds. The van der Waals surface area contributed by atoms with Gasteiger partial charge >= 0.3 is 0 Å². The molecule has 1 saturated carbocycles. The van der Waals surface area contributed by atoms with Crippen LogP contribution in [0.4, 0.5) is 5.69 Å². The zero-order chi connectivity index (χ0) is 15.4. The lowest BCUT2D eigenvalue weighted by molar-refractivity contribution is 0.102. The van der Waals surface area contributed by atoms with Crippen LogP contribution in [0, 0.1) is 17.2 Å². The molecule has 1 N–H and O–H groups in total. The van der Waals surface area contributed by atoms with Gasteiger partial charge in [-0.2, -0.15) is 5.26 Å². The van der Waals surface area contributed by atoms with Crippen molar-refractivity contribution in [2.75, 3.05) is 11.9 Å². The van der Waals surface area contributed by atoms with E-state index in [1.54, 1.807) is 42.6 Å². The lowest BCUT2D eigenvalue weighted by Gasteiger charge is -2.08. The quantitative estimate of drug-likeness (QED) is 0.919. The summed E-state index contributed by atoms with van der Waals surface area (Å²) in [5.41, 5.74) is 1.37. The lowest BCUT2D eigenvalue weighted by Crippen LogP contribution is -2.13. The van der Waals surface area contributed by atoms with Crippen LogP contribution in [0.1, 0.15) is 28.8 Å². The number of rotatable bonds is 5. The standard InChI is InChI=1S/C17H15N3O2/c18-10-14-3-1-2-4-15(14)20-17(21)13-7-8-19-16(9-13)22-11-12-5-6-12/h1-4,7-9,12H,5-6,11H2,(H,20,21). The summed E-state index contributed by atoms with van der Waals surface area (Å²) in [5, 5.41) is 11.8. The largest absolute Gasteiger partial charge is 0.477 e. The average Bonchev–Trinajstić information content (AvgIpc) is 3.38. The van der Waals surface area contributed by atoms with Gasteiger partial charge in [0.2, 0.25) is 5.88 Å². The Labute approximate surface area is 128 Å². The topological polar surface area (TPSA) is 75.0 Å². The van der Waals surface area contributed by atoms with E-state index in [1.165, 1.54) is 12.8 Å². The van der Waals surface area contributed by atoms with E-state index < -0.39 is 0 Å². The van der Waals surface area contributed by atoms with Gasteiger partial charge in [0, 0.05) is 17.8 Å². The van der Waals surface area contributed by atoms with Crippen molar-refractivity contribution in [3.05, 3.63) is 53.7 Å². The molecule has 5 nitrogen and oxygen atoms in total. The van der Waals surface area contributed by atoms with Crippen LogP contribution in [-0.2, 0) is 0 Å². The third kappa shape index (κ3) is 3.41. The summed E-state index contributed by atoms with van der Waals surface area (Å²) < 4.78 is 5.57. The zero-order valence-corrected chi connectivity index (χ0v) is 12.0. The van der Waals surface area contributed by atoms with Gasteiger partial charge in [-0.05, 0) is 37.0 Å². The van der Waals surface area contributed by atoms with Gasteiger partial charge in [-0.25, -0.2) is 4.98 Å². The Morgan fingerprint density at radius 3 is 2.95 bits per heavy atom. The fourth-order valence-corrected chi connectivity index (χ4v) is 2.00. The highest BCUT2D eigenvalue weighted by Gasteiger charge is 2.22. The molecule has 0 radical (unpaired) electrons. The number of pyridine rings is 1. The Morgan fingerprint density at radius 1 is 1.36 bits per heavy atom. The van der Waals surface area contributed by atoms with Crippen LogP contribution < -0.4 is 10.1 Å². The van der Waals surface area contributed by atoms with Gasteiger partial charge in [-0.3, -0.25) is 4.79 Å². The minimum absolute atomic E-state index is 0.290. The van der Waals surface area contributed by atoms with Gasteiger partial charge in [0.05, 0.1) is 17.9 Å². The van der Waals surface area contributed by atoms with Crippen molar-refractivity contribution in [3.8, 4) is 11.9 Å². The molecule has 0 saturated heterocycles. The number of amides is 1. The molecular formula is C17H15N3O2. The van der Waals surface area contributed by atoms with Crippen LogP contribution in [0.25, 0.3) is 0 Å². The Hall–Kier alpha value is -2.87. The number of para-hydroxylation sites is 1. The molecule has 5 heteroatoms. The minimum Gasteiger partial charge on any atom is -0.477 e. The van der Waals surface area contributed by atoms with E-state index in [0.717, 1.165) is 0 Å². The van der Waals surface area contributed by atoms with Crippen LogP contribution in [0.5, 0.6) is 5.88 Å². The highest BCUT2D eigenvalue weighted by Crippen LogP contribution is 2.29. The summed E-state index contributed by atoms with van der Waals surface area (Å²) in [4.78, 5) is 16.4. The minimum atomic E-state index is -0.290. The SMILES string of the molecule is N#Cc1ccccc1NC(=O)c1ccnc(OCC2CC2)c1. The maximum atomic E-state index is 12.3. The summed E-state index contributed by atoms with van der Waals surface area (Å²) >= 11 is 0. The molecular weight excluding hydrogens is 278 g/mol. The molecule has 3 rings (SSSR count). The van der Waals surface area contributed by atoms with Crippen LogP contribution in [0.3, 0.4) is 0 Å². The van der Waals surface area contributed by atoms with Crippen molar-refractivity contribution in [2.24, 2.45) is 5.92 Å². The highest BCUT2D eigenvalue weighted by molar-refractivity contribution is 6.05. The number of carbonyl (C=O) groups excluding carboxylic acids is 1. The third-order valence-electron chi connectivity index (χ3n) is 3.46. The van der Waals surface area contributed by atoms with E-state index in [1.807, 2.05) is 0 Å². The molecule has 110 valence electrons. The predicted octanol–water partition coefficient (Wildman–Crippen LogP) is 2.99. The molecule has 1 heterocycles. The van der Waals surface area contributed by atoms with E-state index in [4.69, 9.17) is 10.00 Å². The maximum absolute atomic E-state index is 12.3. The smallest absolute Gasteiger partial charge is 0.255 e. The summed E-state index contributed by atoms with van der Waals surface area (Å²) in [6, 6.07) is 12.2. The number of carbonyl (C=O) groups is 1. The molecule has 0 unspecified atom stereocenters. The van der Waals surface area contributed by atoms with Gasteiger partial charge in [0.25, 0.3) is 5.91 Å². The first kappa shape index (κ1) is 14.1. The Morgan fingerprint density at radius 2 is 2.18 bits per heavy atom. The van der Waals surface area contributed by atoms with Crippen LogP contribution >= 0.6 is 0 Å². The van der Waals surface area contributed by atoms with Gasteiger partial charge in [0.15, 0.2) is 0 Å². The van der Waals surface area contributed by atoms with Crippen molar-refractivity contribution < 1.29 is 9.53 Å². The van der Waals surface area contributed by atoms with Crippen molar-refractivity contribution >= 4 is 11.6 Å². The number of ether oxygens (including phenoxy) is 1. The molecule has 22 heavy (non-hydrogen) atoms. The summed E-state index contributed by atoms with van der Waals surface area (Å²) in [5.74, 6) is 0.788. The number of benzene rings is 1. The van der Waals surface area contributed by atoms with Gasteiger partial charge in [-0.1, -0.05) is 12.1 Å². The summed E-state index contributed by atoms with van der Waals surface area (Å²) in [6.45, 7) is 0.648. The van der Waals surface area contributed by atoms with Crippen molar-refractivity contribution in [3.63, 3.8) is 0 Å². The van der Waals surface area contributed by atoms with Crippen molar-refractivity contribution in [1.29, 1.82) is 5.26 Å². The van der Waals surface area contributed by atoms with Gasteiger partial charge in [0.1, 0.15) is 6.07 Å². The van der Waals surface area contributed by atoms with Crippen molar-refractivity contribution in [1.82, 2.24) is 4.98 Å². The second kappa shape index (κ2) is 6.27. The second-order valence-corrected chi connectivity index (χ2v) is 5.25. The highest BCUT2D eigenvalue weighted by atomic mass is 16.5. The molecule has 1 aromatic heterocycles. The molecule has 0 spiro atoms. The fourth-order valence-electron chi connectivity index (χ4n) is 2.00. The van der Waals surface area contributed by atoms with E-state index in [2.05, 4.69) is 16.4 Å². The Kier molecular flexibility index (Phi) is 4.01. The maximum Gasteiger partial charge on any atom is 0.255 e. The number of nitriles is 1. The Balaban J connectivity index is 1.71. The first-order valence-electron chi connectivity index (χ1n) is 7.15. The molecule has 0 bridgehead atoms. The molecule has 1 aromatic carbocycles. The number of hydrogen-bond acceptors (Lipinski definition) is 4. The van der Waals surface area contributed by atoms with E-state index in [0.29, 0.717) is 35.2 Å². The third-order valence-corrected chi connectivity index (χ3v) is 3.46. The molecule has 2 aromatic rings.